The Balaban J connectivity index is 1.45. The van der Waals surface area contributed by atoms with Crippen molar-refractivity contribution in [3.63, 3.8) is 0 Å². The molecule has 2 heterocycles. The van der Waals surface area contributed by atoms with Gasteiger partial charge >= 0.3 is 0 Å². The summed E-state index contributed by atoms with van der Waals surface area (Å²) in [5.74, 6) is 1.63. The van der Waals surface area contributed by atoms with Crippen LogP contribution >= 0.6 is 0 Å². The lowest BCUT2D eigenvalue weighted by molar-refractivity contribution is 0.0163. The van der Waals surface area contributed by atoms with Crippen molar-refractivity contribution in [2.24, 2.45) is 11.8 Å². The number of hydrogen-bond acceptors (Lipinski definition) is 3. The zero-order chi connectivity index (χ0) is 9.64. The van der Waals surface area contributed by atoms with Gasteiger partial charge in [-0.25, -0.2) is 0 Å². The normalized spacial score (nSPS) is 24.9. The topological polar surface area (TPSA) is 30.5 Å². The van der Waals surface area contributed by atoms with Gasteiger partial charge in [0.1, 0.15) is 0 Å². The summed E-state index contributed by atoms with van der Waals surface area (Å²) in [6.07, 6.45) is 3.60. The Morgan fingerprint density at radius 2 is 1.93 bits per heavy atom. The van der Waals surface area contributed by atoms with Crippen LogP contribution in [0.2, 0.25) is 0 Å². The molecule has 0 spiro atoms. The largest absolute Gasteiger partial charge is 0.381 e. The average Bonchev–Trinajstić information content (AvgIpc) is 2.16. The third-order valence-electron chi connectivity index (χ3n) is 3.23. The highest BCUT2D eigenvalue weighted by molar-refractivity contribution is 4.74. The van der Waals surface area contributed by atoms with Crippen LogP contribution in [0.5, 0.6) is 0 Å². The molecular weight excluding hydrogens is 178 g/mol. The van der Waals surface area contributed by atoms with E-state index in [4.69, 9.17) is 9.47 Å². The van der Waals surface area contributed by atoms with Gasteiger partial charge in [0.25, 0.3) is 0 Å². The minimum atomic E-state index is 0.753. The van der Waals surface area contributed by atoms with E-state index in [0.717, 1.165) is 38.3 Å². The summed E-state index contributed by atoms with van der Waals surface area (Å²) >= 11 is 0. The van der Waals surface area contributed by atoms with Crippen LogP contribution in [0.15, 0.2) is 0 Å². The van der Waals surface area contributed by atoms with E-state index < -0.39 is 0 Å². The molecular formula is C11H21NO2. The van der Waals surface area contributed by atoms with Crippen molar-refractivity contribution in [2.75, 3.05) is 39.5 Å². The Kier molecular flexibility index (Phi) is 4.22. The van der Waals surface area contributed by atoms with Crippen LogP contribution in [0.25, 0.3) is 0 Å². The van der Waals surface area contributed by atoms with Crippen molar-refractivity contribution >= 4 is 0 Å². The lowest BCUT2D eigenvalue weighted by Crippen LogP contribution is -2.42. The molecule has 0 atom stereocenters. The molecule has 0 unspecified atom stereocenters. The minimum absolute atomic E-state index is 0.753. The number of ether oxygens (including phenoxy) is 2. The maximum absolute atomic E-state index is 5.70. The van der Waals surface area contributed by atoms with Crippen LogP contribution in [-0.2, 0) is 9.47 Å². The molecule has 2 aliphatic heterocycles. The third kappa shape index (κ3) is 3.23. The predicted molar refractivity (Wildman–Crippen MR) is 55.3 cm³/mol. The molecule has 0 aliphatic carbocycles. The lowest BCUT2D eigenvalue weighted by Gasteiger charge is -2.27. The van der Waals surface area contributed by atoms with Gasteiger partial charge in [-0.15, -0.1) is 0 Å². The van der Waals surface area contributed by atoms with E-state index >= 15 is 0 Å². The summed E-state index contributed by atoms with van der Waals surface area (Å²) < 4.78 is 11.0. The first-order valence-electron chi connectivity index (χ1n) is 5.81. The quantitative estimate of drug-likeness (QED) is 0.671. The second kappa shape index (κ2) is 5.69. The highest BCUT2D eigenvalue weighted by atomic mass is 16.5. The molecule has 14 heavy (non-hydrogen) atoms. The standard InChI is InChI=1S/C11H21NO2/c1-4-13-5-2-10(1)9-14-6-3-11-7-12-8-11/h10-12H,1-9H2. The second-order valence-corrected chi connectivity index (χ2v) is 4.44. The molecule has 0 amide bonds. The molecule has 0 aromatic heterocycles. The highest BCUT2D eigenvalue weighted by Crippen LogP contribution is 2.15. The van der Waals surface area contributed by atoms with Crippen molar-refractivity contribution in [1.82, 2.24) is 5.32 Å². The summed E-state index contributed by atoms with van der Waals surface area (Å²) in [6.45, 7) is 6.15. The fourth-order valence-corrected chi connectivity index (χ4v) is 1.97. The van der Waals surface area contributed by atoms with Gasteiger partial charge in [0.05, 0.1) is 0 Å². The van der Waals surface area contributed by atoms with E-state index in [1.807, 2.05) is 0 Å². The van der Waals surface area contributed by atoms with Crippen molar-refractivity contribution < 1.29 is 9.47 Å². The lowest BCUT2D eigenvalue weighted by atomic mass is 10.00. The zero-order valence-electron chi connectivity index (χ0n) is 8.84. The van der Waals surface area contributed by atoms with Gasteiger partial charge in [0.2, 0.25) is 0 Å². The molecule has 0 radical (unpaired) electrons. The Labute approximate surface area is 86.2 Å². The molecule has 3 nitrogen and oxygen atoms in total. The van der Waals surface area contributed by atoms with E-state index in [1.165, 1.54) is 32.4 Å². The Morgan fingerprint density at radius 1 is 1.14 bits per heavy atom. The van der Waals surface area contributed by atoms with Gasteiger partial charge in [0, 0.05) is 26.4 Å². The molecule has 3 heteroatoms. The van der Waals surface area contributed by atoms with Crippen molar-refractivity contribution in [3.8, 4) is 0 Å². The summed E-state index contributed by atoms with van der Waals surface area (Å²) in [7, 11) is 0. The summed E-state index contributed by atoms with van der Waals surface area (Å²) in [6, 6.07) is 0. The zero-order valence-corrected chi connectivity index (χ0v) is 8.84. The first-order valence-corrected chi connectivity index (χ1v) is 5.81. The smallest absolute Gasteiger partial charge is 0.0495 e. The maximum atomic E-state index is 5.70. The summed E-state index contributed by atoms with van der Waals surface area (Å²) in [4.78, 5) is 0. The molecule has 2 saturated heterocycles. The monoisotopic (exact) mass is 199 g/mol. The van der Waals surface area contributed by atoms with Gasteiger partial charge < -0.3 is 14.8 Å². The predicted octanol–water partition coefficient (Wildman–Crippen LogP) is 1.04. The van der Waals surface area contributed by atoms with Crippen LogP contribution in [0, 0.1) is 11.8 Å². The van der Waals surface area contributed by atoms with Gasteiger partial charge in [0.15, 0.2) is 0 Å². The molecule has 0 saturated carbocycles. The summed E-state index contributed by atoms with van der Waals surface area (Å²) in [5, 5.41) is 3.28. The van der Waals surface area contributed by atoms with E-state index in [0.29, 0.717) is 0 Å². The van der Waals surface area contributed by atoms with Crippen molar-refractivity contribution in [3.05, 3.63) is 0 Å². The fourth-order valence-electron chi connectivity index (χ4n) is 1.97. The Bertz CT molecular complexity index is 153. The minimum Gasteiger partial charge on any atom is -0.381 e. The van der Waals surface area contributed by atoms with E-state index in [1.54, 1.807) is 0 Å². The molecule has 0 bridgehead atoms. The molecule has 0 aromatic carbocycles. The molecule has 2 fully saturated rings. The number of hydrogen-bond donors (Lipinski definition) is 1. The van der Waals surface area contributed by atoms with Crippen molar-refractivity contribution in [1.29, 1.82) is 0 Å². The van der Waals surface area contributed by atoms with E-state index in [-0.39, 0.29) is 0 Å². The fraction of sp³-hybridized carbons (Fsp3) is 1.00. The van der Waals surface area contributed by atoms with Gasteiger partial charge in [-0.1, -0.05) is 0 Å². The van der Waals surface area contributed by atoms with Crippen LogP contribution < -0.4 is 5.32 Å². The molecule has 2 rings (SSSR count). The Morgan fingerprint density at radius 3 is 2.57 bits per heavy atom. The van der Waals surface area contributed by atoms with Gasteiger partial charge in [-0.3, -0.25) is 0 Å². The van der Waals surface area contributed by atoms with Crippen LogP contribution in [0.1, 0.15) is 19.3 Å². The summed E-state index contributed by atoms with van der Waals surface area (Å²) in [5.41, 5.74) is 0. The van der Waals surface area contributed by atoms with Crippen LogP contribution in [0.4, 0.5) is 0 Å². The maximum Gasteiger partial charge on any atom is 0.0495 e. The number of nitrogens with one attached hydrogen (secondary N) is 1. The van der Waals surface area contributed by atoms with Crippen molar-refractivity contribution in [2.45, 2.75) is 19.3 Å². The van der Waals surface area contributed by atoms with E-state index in [9.17, 15) is 0 Å². The van der Waals surface area contributed by atoms with Crippen LogP contribution in [-0.4, -0.2) is 39.5 Å². The molecule has 2 aliphatic rings. The molecule has 0 aromatic rings. The molecule has 82 valence electrons. The second-order valence-electron chi connectivity index (χ2n) is 4.44. The number of rotatable bonds is 5. The molecule has 1 N–H and O–H groups in total. The highest BCUT2D eigenvalue weighted by Gasteiger charge is 2.17. The SMILES string of the molecule is C1CC(COCCC2CNC2)CCO1. The Hall–Kier alpha value is -0.120. The van der Waals surface area contributed by atoms with Crippen LogP contribution in [0.3, 0.4) is 0 Å². The third-order valence-corrected chi connectivity index (χ3v) is 3.23. The first-order chi connectivity index (χ1) is 6.95. The van der Waals surface area contributed by atoms with Gasteiger partial charge in [-0.05, 0) is 44.2 Å². The first kappa shape index (κ1) is 10.4. The van der Waals surface area contributed by atoms with Gasteiger partial charge in [-0.2, -0.15) is 0 Å². The van der Waals surface area contributed by atoms with E-state index in [2.05, 4.69) is 5.32 Å². The average molecular weight is 199 g/mol.